The zero-order valence-electron chi connectivity index (χ0n) is 18.0. The molecule has 0 saturated carbocycles. The molecule has 0 aliphatic carbocycles. The van der Waals surface area contributed by atoms with E-state index in [0.29, 0.717) is 16.5 Å². The third kappa shape index (κ3) is 4.95. The van der Waals surface area contributed by atoms with Gasteiger partial charge in [0.15, 0.2) is 10.8 Å². The Hall–Kier alpha value is -3.22. The number of hydrogen-bond donors (Lipinski definition) is 4. The van der Waals surface area contributed by atoms with Crippen LogP contribution < -0.4 is 11.1 Å². The Labute approximate surface area is 209 Å². The number of amides is 2. The molecule has 1 saturated heterocycles. The van der Waals surface area contributed by atoms with E-state index < -0.39 is 29.2 Å². The number of rotatable bonds is 10. The zero-order chi connectivity index (χ0) is 25.1. The first kappa shape index (κ1) is 24.9. The maximum atomic E-state index is 12.9. The predicted molar refractivity (Wildman–Crippen MR) is 125 cm³/mol. The quantitative estimate of drug-likeness (QED) is 0.118. The highest BCUT2D eigenvalue weighted by Crippen LogP contribution is 2.41. The minimum atomic E-state index is -1.25. The number of oxime groups is 1. The molecule has 2 aromatic heterocycles. The van der Waals surface area contributed by atoms with Crippen LogP contribution in [0.15, 0.2) is 27.0 Å². The summed E-state index contributed by atoms with van der Waals surface area (Å²) in [6, 6.07) is -0.953. The van der Waals surface area contributed by atoms with E-state index in [9.17, 15) is 19.5 Å². The SMILES string of the molecule is CON=C(C(=O)NC1C(=O)N2C(C(=O)O)=C(CSc3nnnn3CCO)CS[C@@H]12)c1csc(N)n1. The number of aliphatic hydroxyl groups excluding tert-OH is 1. The minimum Gasteiger partial charge on any atom is -0.477 e. The average molecular weight is 542 g/mol. The van der Waals surface area contributed by atoms with E-state index in [0.717, 1.165) is 11.3 Å². The van der Waals surface area contributed by atoms with Crippen molar-refractivity contribution >= 4 is 63.5 Å². The Morgan fingerprint density at radius 2 is 2.26 bits per heavy atom. The van der Waals surface area contributed by atoms with Gasteiger partial charge in [-0.05, 0) is 16.0 Å². The fourth-order valence-corrected chi connectivity index (χ4v) is 6.32. The number of carbonyl (C=O) groups excluding carboxylic acids is 2. The molecule has 2 aliphatic heterocycles. The molecule has 35 heavy (non-hydrogen) atoms. The summed E-state index contributed by atoms with van der Waals surface area (Å²) in [7, 11) is 1.27. The molecule has 5 N–H and O–H groups in total. The number of nitrogens with zero attached hydrogens (tertiary/aromatic N) is 7. The lowest BCUT2D eigenvalue weighted by atomic mass is 10.0. The number of anilines is 1. The van der Waals surface area contributed by atoms with Gasteiger partial charge in [-0.2, -0.15) is 0 Å². The summed E-state index contributed by atoms with van der Waals surface area (Å²) < 4.78 is 1.40. The Morgan fingerprint density at radius 1 is 1.46 bits per heavy atom. The molecule has 0 spiro atoms. The number of aliphatic hydroxyl groups is 1. The van der Waals surface area contributed by atoms with Gasteiger partial charge in [-0.1, -0.05) is 16.9 Å². The minimum absolute atomic E-state index is 0.129. The Kier molecular flexibility index (Phi) is 7.53. The van der Waals surface area contributed by atoms with Crippen LogP contribution in [0.25, 0.3) is 0 Å². The lowest BCUT2D eigenvalue weighted by molar-refractivity contribution is -0.150. The molecule has 1 unspecified atom stereocenters. The van der Waals surface area contributed by atoms with Crippen LogP contribution in [0, 0.1) is 0 Å². The zero-order valence-corrected chi connectivity index (χ0v) is 20.5. The first-order valence-electron chi connectivity index (χ1n) is 9.88. The number of fused-ring (bicyclic) bond motifs is 1. The maximum Gasteiger partial charge on any atom is 0.352 e. The van der Waals surface area contributed by atoms with E-state index in [1.165, 1.54) is 45.6 Å². The average Bonchev–Trinajstić information content (AvgIpc) is 3.47. The molecule has 18 heteroatoms. The number of thiazole rings is 1. The van der Waals surface area contributed by atoms with Crippen molar-refractivity contribution in [1.82, 2.24) is 35.4 Å². The van der Waals surface area contributed by atoms with E-state index in [1.807, 2.05) is 0 Å². The van der Waals surface area contributed by atoms with Gasteiger partial charge in [0.05, 0.1) is 13.2 Å². The van der Waals surface area contributed by atoms with Crippen molar-refractivity contribution in [2.45, 2.75) is 23.1 Å². The summed E-state index contributed by atoms with van der Waals surface area (Å²) in [6.07, 6.45) is 0. The number of tetrazole rings is 1. The molecule has 4 heterocycles. The number of nitrogens with one attached hydrogen (secondary N) is 1. The van der Waals surface area contributed by atoms with Crippen LogP contribution in [-0.2, 0) is 25.8 Å². The molecule has 2 aromatic rings. The molecule has 0 aromatic carbocycles. The smallest absolute Gasteiger partial charge is 0.352 e. The fourth-order valence-electron chi connectivity index (χ4n) is 3.38. The van der Waals surface area contributed by atoms with Gasteiger partial charge >= 0.3 is 5.97 Å². The third-order valence-corrected chi connectivity index (χ3v) is 7.94. The van der Waals surface area contributed by atoms with Crippen molar-refractivity contribution < 1.29 is 29.4 Å². The molecular weight excluding hydrogens is 522 g/mol. The number of carboxylic acids is 1. The molecule has 186 valence electrons. The fraction of sp³-hybridized carbons (Fsp3) is 0.412. The molecule has 1 fully saturated rings. The molecule has 2 aliphatic rings. The van der Waals surface area contributed by atoms with Gasteiger partial charge in [-0.25, -0.2) is 14.5 Å². The number of nitrogens with two attached hydrogens (primary N) is 1. The second-order valence-corrected chi connectivity index (χ2v) is 9.95. The highest BCUT2D eigenvalue weighted by Gasteiger charge is 2.54. The second-order valence-electron chi connectivity index (χ2n) is 7.01. The maximum absolute atomic E-state index is 12.9. The van der Waals surface area contributed by atoms with Crippen LogP contribution in [0.1, 0.15) is 5.69 Å². The van der Waals surface area contributed by atoms with Crippen molar-refractivity contribution in [3.8, 4) is 0 Å². The van der Waals surface area contributed by atoms with Gasteiger partial charge in [0.2, 0.25) is 5.16 Å². The Bertz CT molecular complexity index is 1210. The lowest BCUT2D eigenvalue weighted by Gasteiger charge is -2.49. The predicted octanol–water partition coefficient (Wildman–Crippen LogP) is -1.41. The van der Waals surface area contributed by atoms with E-state index >= 15 is 0 Å². The number of aliphatic carboxylic acids is 1. The van der Waals surface area contributed by atoms with Crippen LogP contribution in [0.5, 0.6) is 0 Å². The van der Waals surface area contributed by atoms with Crippen molar-refractivity contribution in [2.75, 3.05) is 31.0 Å². The number of thioether (sulfide) groups is 2. The van der Waals surface area contributed by atoms with E-state index in [2.05, 4.69) is 31.0 Å². The normalized spacial score (nSPS) is 19.9. The third-order valence-electron chi connectivity index (χ3n) is 4.88. The van der Waals surface area contributed by atoms with Gasteiger partial charge in [0.25, 0.3) is 11.8 Å². The van der Waals surface area contributed by atoms with Crippen LogP contribution in [0.4, 0.5) is 5.13 Å². The molecule has 2 amide bonds. The summed E-state index contributed by atoms with van der Waals surface area (Å²) >= 11 is 3.64. The highest BCUT2D eigenvalue weighted by molar-refractivity contribution is 8.01. The van der Waals surface area contributed by atoms with Crippen LogP contribution >= 0.6 is 34.9 Å². The van der Waals surface area contributed by atoms with Gasteiger partial charge < -0.3 is 26.1 Å². The second kappa shape index (κ2) is 10.6. The first-order chi connectivity index (χ1) is 16.8. The van der Waals surface area contributed by atoms with Crippen LogP contribution in [0.3, 0.4) is 0 Å². The summed E-state index contributed by atoms with van der Waals surface area (Å²) in [5.74, 6) is -1.97. The number of aromatic nitrogens is 5. The van der Waals surface area contributed by atoms with Crippen molar-refractivity contribution in [3.63, 3.8) is 0 Å². The largest absolute Gasteiger partial charge is 0.477 e. The summed E-state index contributed by atoms with van der Waals surface area (Å²) in [5.41, 5.74) is 6.05. The Balaban J connectivity index is 1.48. The Morgan fingerprint density at radius 3 is 2.91 bits per heavy atom. The first-order valence-corrected chi connectivity index (χ1v) is 12.8. The molecular formula is C17H19N9O6S3. The standard InChI is InChI=1S/C17H19N9O6S3/c1-32-22-9(8-6-34-16(18)19-8)12(28)20-10-13(29)26-11(15(30)31)7(4-33-14(10)26)5-35-17-21-23-24-25(17)2-3-27/h6,10,14,27H,2-5H2,1H3,(H2,18,19)(H,20,28)(H,30,31)/t10?,14-/m0/s1. The summed E-state index contributed by atoms with van der Waals surface area (Å²) in [4.78, 5) is 47.7. The number of hydrogen-bond acceptors (Lipinski definition) is 14. The highest BCUT2D eigenvalue weighted by atomic mass is 32.2. The lowest BCUT2D eigenvalue weighted by Crippen LogP contribution is -2.71. The number of nitrogen functional groups attached to an aromatic ring is 1. The van der Waals surface area contributed by atoms with E-state index in [4.69, 9.17) is 15.7 Å². The van der Waals surface area contributed by atoms with Crippen molar-refractivity contribution in [3.05, 3.63) is 22.3 Å². The van der Waals surface area contributed by atoms with Gasteiger partial charge in [-0.15, -0.1) is 28.2 Å². The van der Waals surface area contributed by atoms with E-state index in [1.54, 1.807) is 0 Å². The number of carboxylic acid groups (broad SMARTS) is 1. The van der Waals surface area contributed by atoms with Crippen molar-refractivity contribution in [2.24, 2.45) is 5.16 Å². The van der Waals surface area contributed by atoms with E-state index in [-0.39, 0.29) is 41.1 Å². The molecule has 0 bridgehead atoms. The number of β-lactam (4-membered cyclic amide) rings is 1. The van der Waals surface area contributed by atoms with Gasteiger partial charge in [-0.3, -0.25) is 14.5 Å². The molecule has 15 nitrogen and oxygen atoms in total. The molecule has 0 radical (unpaired) electrons. The monoisotopic (exact) mass is 541 g/mol. The van der Waals surface area contributed by atoms with Crippen LogP contribution in [0.2, 0.25) is 0 Å². The molecule has 2 atom stereocenters. The number of carbonyl (C=O) groups is 3. The van der Waals surface area contributed by atoms with Gasteiger partial charge in [0.1, 0.15) is 29.9 Å². The topological polar surface area (TPSA) is 211 Å². The van der Waals surface area contributed by atoms with Crippen LogP contribution in [-0.4, -0.2) is 100 Å². The molecule has 4 rings (SSSR count). The summed E-state index contributed by atoms with van der Waals surface area (Å²) in [6.45, 7) is 0.0477. The van der Waals surface area contributed by atoms with Gasteiger partial charge in [0, 0.05) is 16.9 Å². The van der Waals surface area contributed by atoms with Crippen molar-refractivity contribution in [1.29, 1.82) is 0 Å². The summed E-state index contributed by atoms with van der Waals surface area (Å²) in [5, 5.41) is 38.0.